The van der Waals surface area contributed by atoms with Crippen molar-refractivity contribution in [2.24, 2.45) is 11.5 Å². The molecule has 0 aliphatic heterocycles. The number of aliphatic hydroxyl groups is 2. The highest BCUT2D eigenvalue weighted by Crippen LogP contribution is 2.00. The Hall–Kier alpha value is -1.30. The van der Waals surface area contributed by atoms with Gasteiger partial charge in [0.1, 0.15) is 6.54 Å². The average Bonchev–Trinajstić information content (AvgIpc) is 2.36. The molecule has 10 nitrogen and oxygen atoms in total. The summed E-state index contributed by atoms with van der Waals surface area (Å²) < 4.78 is 0. The normalized spacial score (nSPS) is 15.4. The smallest absolute Gasteiger partial charge is 0.319 e. The van der Waals surface area contributed by atoms with Crippen molar-refractivity contribution in [1.82, 2.24) is 15.8 Å². The number of hydrogen-bond acceptors (Lipinski definition) is 8. The lowest BCUT2D eigenvalue weighted by molar-refractivity contribution is -0.139. The summed E-state index contributed by atoms with van der Waals surface area (Å²) in [7, 11) is 1.43. The Bertz CT molecular complexity index is 344. The van der Waals surface area contributed by atoms with E-state index in [-0.39, 0.29) is 39.0 Å². The molecule has 0 aliphatic rings. The van der Waals surface area contributed by atoms with Crippen LogP contribution in [0.3, 0.4) is 0 Å². The molecule has 0 bridgehead atoms. The van der Waals surface area contributed by atoms with Gasteiger partial charge < -0.3 is 32.1 Å². The van der Waals surface area contributed by atoms with E-state index < -0.39 is 30.1 Å². The van der Waals surface area contributed by atoms with Crippen LogP contribution in [0, 0.1) is 0 Å². The van der Waals surface area contributed by atoms with Gasteiger partial charge in [-0.1, -0.05) is 0 Å². The van der Waals surface area contributed by atoms with E-state index in [9.17, 15) is 19.8 Å². The number of hydrazine groups is 1. The van der Waals surface area contributed by atoms with Crippen LogP contribution in [-0.2, 0) is 9.59 Å². The molecule has 0 saturated carbocycles. The third-order valence-electron chi connectivity index (χ3n) is 2.74. The first-order chi connectivity index (χ1) is 10.2. The lowest BCUT2D eigenvalue weighted by atomic mass is 10.1. The largest absolute Gasteiger partial charge is 0.480 e. The van der Waals surface area contributed by atoms with E-state index in [0.717, 1.165) is 5.01 Å². The molecule has 0 fully saturated rings. The second kappa shape index (κ2) is 11.3. The summed E-state index contributed by atoms with van der Waals surface area (Å²) in [4.78, 5) is 22.0. The van der Waals surface area contributed by atoms with Crippen LogP contribution in [0.2, 0.25) is 0 Å². The first-order valence-corrected chi connectivity index (χ1v) is 6.99. The highest BCUT2D eigenvalue weighted by molar-refractivity contribution is 5.76. The molecule has 0 aliphatic carbocycles. The van der Waals surface area contributed by atoms with Gasteiger partial charge in [0.15, 0.2) is 0 Å². The number of amides is 1. The third-order valence-corrected chi connectivity index (χ3v) is 2.74. The fourth-order valence-electron chi connectivity index (χ4n) is 1.76. The number of carbonyl (C=O) groups is 2. The molecule has 0 unspecified atom stereocenters. The van der Waals surface area contributed by atoms with Crippen LogP contribution in [0.25, 0.3) is 0 Å². The first-order valence-electron chi connectivity index (χ1n) is 6.99. The molecule has 22 heavy (non-hydrogen) atoms. The van der Waals surface area contributed by atoms with Gasteiger partial charge >= 0.3 is 5.97 Å². The zero-order chi connectivity index (χ0) is 17.1. The minimum absolute atomic E-state index is 0.0353. The van der Waals surface area contributed by atoms with Crippen LogP contribution in [0.15, 0.2) is 0 Å². The SMILES string of the molecule is CN(CC(=O)O)NC(=O)C[C@H](N)C[C@@H](O)CNC[C@@H](O)CN. The van der Waals surface area contributed by atoms with E-state index in [1.807, 2.05) is 0 Å². The number of carbonyl (C=O) groups excluding carboxylic acids is 1. The second-order valence-electron chi connectivity index (χ2n) is 5.19. The van der Waals surface area contributed by atoms with Gasteiger partial charge in [-0.3, -0.25) is 15.0 Å². The molecule has 0 aromatic heterocycles. The summed E-state index contributed by atoms with van der Waals surface area (Å²) in [5.74, 6) is -1.48. The van der Waals surface area contributed by atoms with Crippen LogP contribution in [0.4, 0.5) is 0 Å². The molecular weight excluding hydrogens is 294 g/mol. The van der Waals surface area contributed by atoms with Gasteiger partial charge in [-0.15, -0.1) is 0 Å². The molecule has 3 atom stereocenters. The second-order valence-corrected chi connectivity index (χ2v) is 5.19. The van der Waals surface area contributed by atoms with E-state index in [1.165, 1.54) is 7.05 Å². The molecule has 0 saturated heterocycles. The number of aliphatic carboxylic acids is 1. The van der Waals surface area contributed by atoms with E-state index >= 15 is 0 Å². The first kappa shape index (κ1) is 20.7. The van der Waals surface area contributed by atoms with Crippen molar-refractivity contribution < 1.29 is 24.9 Å². The Balaban J connectivity index is 3.88. The van der Waals surface area contributed by atoms with Gasteiger partial charge in [0.25, 0.3) is 0 Å². The number of rotatable bonds is 12. The molecule has 0 heterocycles. The van der Waals surface area contributed by atoms with Gasteiger partial charge in [0, 0.05) is 39.1 Å². The summed E-state index contributed by atoms with van der Waals surface area (Å²) in [5, 5.41) is 31.5. The van der Waals surface area contributed by atoms with Crippen molar-refractivity contribution in [2.45, 2.75) is 31.1 Å². The summed E-state index contributed by atoms with van der Waals surface area (Å²) >= 11 is 0. The summed E-state index contributed by atoms with van der Waals surface area (Å²) in [6.07, 6.45) is -1.27. The van der Waals surface area contributed by atoms with E-state index in [0.29, 0.717) is 0 Å². The number of hydrogen-bond donors (Lipinski definition) is 7. The van der Waals surface area contributed by atoms with Crippen molar-refractivity contribution in [3.8, 4) is 0 Å². The van der Waals surface area contributed by atoms with Crippen molar-refractivity contribution in [2.75, 3.05) is 33.2 Å². The topological polar surface area (TPSA) is 174 Å². The molecular formula is C12H27N5O5. The van der Waals surface area contributed by atoms with Crippen molar-refractivity contribution >= 4 is 11.9 Å². The maximum Gasteiger partial charge on any atom is 0.319 e. The Morgan fingerprint density at radius 3 is 2.36 bits per heavy atom. The quantitative estimate of drug-likeness (QED) is 0.179. The zero-order valence-corrected chi connectivity index (χ0v) is 12.7. The Kier molecular flexibility index (Phi) is 10.6. The number of nitrogens with two attached hydrogens (primary N) is 2. The standard InChI is InChI=1S/C12H27N5O5/c1-17(7-12(21)22)16-11(20)3-8(14)2-9(18)5-15-6-10(19)4-13/h8-10,15,18-19H,2-7,13-14H2,1H3,(H,16,20)(H,21,22)/t8-,9-,10+/m1/s1. The Labute approximate surface area is 129 Å². The maximum absolute atomic E-state index is 11.6. The maximum atomic E-state index is 11.6. The van der Waals surface area contributed by atoms with Gasteiger partial charge in [-0.2, -0.15) is 0 Å². The number of carboxylic acids is 1. The minimum Gasteiger partial charge on any atom is -0.480 e. The van der Waals surface area contributed by atoms with Crippen LogP contribution in [0.5, 0.6) is 0 Å². The fraction of sp³-hybridized carbons (Fsp3) is 0.833. The number of carboxylic acid groups (broad SMARTS) is 1. The van der Waals surface area contributed by atoms with Crippen LogP contribution in [-0.4, -0.2) is 83.7 Å². The predicted octanol–water partition coefficient (Wildman–Crippen LogP) is -3.59. The number of likely N-dealkylation sites (N-methyl/N-ethyl adjacent to an activating group) is 1. The molecule has 0 aromatic rings. The molecule has 0 spiro atoms. The van der Waals surface area contributed by atoms with Crippen molar-refractivity contribution in [3.63, 3.8) is 0 Å². The molecule has 1 amide bonds. The molecule has 130 valence electrons. The summed E-state index contributed by atoms with van der Waals surface area (Å²) in [6.45, 7) is 0.304. The van der Waals surface area contributed by atoms with Crippen LogP contribution >= 0.6 is 0 Å². The van der Waals surface area contributed by atoms with Gasteiger partial charge in [-0.25, -0.2) is 5.01 Å². The number of aliphatic hydroxyl groups excluding tert-OH is 2. The molecule has 9 N–H and O–H groups in total. The third kappa shape index (κ3) is 11.4. The van der Waals surface area contributed by atoms with Gasteiger partial charge in [-0.05, 0) is 6.42 Å². The summed E-state index contributed by atoms with van der Waals surface area (Å²) in [6, 6.07) is -0.561. The molecule has 0 rings (SSSR count). The van der Waals surface area contributed by atoms with Crippen LogP contribution in [0.1, 0.15) is 12.8 Å². The number of nitrogens with zero attached hydrogens (tertiary/aromatic N) is 1. The van der Waals surface area contributed by atoms with E-state index in [2.05, 4.69) is 10.7 Å². The molecule has 0 aromatic carbocycles. The van der Waals surface area contributed by atoms with E-state index in [1.54, 1.807) is 0 Å². The minimum atomic E-state index is -1.06. The number of nitrogens with one attached hydrogen (secondary N) is 2. The average molecular weight is 321 g/mol. The highest BCUT2D eigenvalue weighted by Gasteiger charge is 2.16. The highest BCUT2D eigenvalue weighted by atomic mass is 16.4. The van der Waals surface area contributed by atoms with E-state index in [4.69, 9.17) is 16.6 Å². The predicted molar refractivity (Wildman–Crippen MR) is 79.6 cm³/mol. The Morgan fingerprint density at radius 2 is 1.82 bits per heavy atom. The lowest BCUT2D eigenvalue weighted by Gasteiger charge is -2.20. The van der Waals surface area contributed by atoms with Gasteiger partial charge in [0.05, 0.1) is 12.2 Å². The van der Waals surface area contributed by atoms with Crippen molar-refractivity contribution in [1.29, 1.82) is 0 Å². The zero-order valence-electron chi connectivity index (χ0n) is 12.7. The van der Waals surface area contributed by atoms with Crippen LogP contribution < -0.4 is 22.2 Å². The van der Waals surface area contributed by atoms with Crippen molar-refractivity contribution in [3.05, 3.63) is 0 Å². The molecule has 10 heteroatoms. The monoisotopic (exact) mass is 321 g/mol. The Morgan fingerprint density at radius 1 is 1.23 bits per heavy atom. The lowest BCUT2D eigenvalue weighted by Crippen LogP contribution is -2.45. The molecule has 0 radical (unpaired) electrons. The fourth-order valence-corrected chi connectivity index (χ4v) is 1.76. The van der Waals surface area contributed by atoms with Gasteiger partial charge in [0.2, 0.25) is 5.91 Å². The summed E-state index contributed by atoms with van der Waals surface area (Å²) in [5.41, 5.74) is 13.4.